The molecule has 0 saturated heterocycles. The van der Waals surface area contributed by atoms with Crippen LogP contribution in [0.2, 0.25) is 0 Å². The third-order valence-corrected chi connectivity index (χ3v) is 5.52. The molecular formula is C16H18N2O3S. The average Bonchev–Trinajstić information content (AvgIpc) is 2.97. The predicted molar refractivity (Wildman–Crippen MR) is 85.1 cm³/mol. The molecule has 0 unspecified atom stereocenters. The smallest absolute Gasteiger partial charge is 0.275 e. The van der Waals surface area contributed by atoms with Gasteiger partial charge < -0.3 is 5.11 Å². The van der Waals surface area contributed by atoms with Crippen LogP contribution in [0.1, 0.15) is 36.0 Å². The zero-order valence-electron chi connectivity index (χ0n) is 12.0. The Labute approximate surface area is 133 Å². The van der Waals surface area contributed by atoms with Crippen LogP contribution >= 0.6 is 11.8 Å². The zero-order chi connectivity index (χ0) is 15.5. The summed E-state index contributed by atoms with van der Waals surface area (Å²) in [5.41, 5.74) is 4.90. The van der Waals surface area contributed by atoms with E-state index in [1.54, 1.807) is 23.9 Å². The highest BCUT2D eigenvalue weighted by Crippen LogP contribution is 2.44. The van der Waals surface area contributed by atoms with Crippen LogP contribution in [0.15, 0.2) is 35.2 Å². The highest BCUT2D eigenvalue weighted by atomic mass is 32.2. The lowest BCUT2D eigenvalue weighted by Crippen LogP contribution is -2.41. The Morgan fingerprint density at radius 2 is 1.82 bits per heavy atom. The molecule has 22 heavy (non-hydrogen) atoms. The molecule has 3 rings (SSSR count). The maximum absolute atomic E-state index is 12.1. The van der Waals surface area contributed by atoms with Crippen molar-refractivity contribution in [3.05, 3.63) is 40.8 Å². The Bertz CT molecular complexity index is 630. The maximum atomic E-state index is 12.1. The minimum absolute atomic E-state index is 0.116. The average molecular weight is 318 g/mol. The summed E-state index contributed by atoms with van der Waals surface area (Å²) in [7, 11) is 0. The lowest BCUT2D eigenvalue weighted by molar-refractivity contribution is -0.117. The summed E-state index contributed by atoms with van der Waals surface area (Å²) < 4.78 is 0. The van der Waals surface area contributed by atoms with Gasteiger partial charge in [-0.25, -0.2) is 0 Å². The van der Waals surface area contributed by atoms with Crippen molar-refractivity contribution in [1.29, 1.82) is 0 Å². The van der Waals surface area contributed by atoms with Gasteiger partial charge in [0, 0.05) is 5.25 Å². The van der Waals surface area contributed by atoms with E-state index in [0.717, 1.165) is 12.8 Å². The summed E-state index contributed by atoms with van der Waals surface area (Å²) in [5.74, 6) is -0.460. The van der Waals surface area contributed by atoms with Crippen LogP contribution in [-0.2, 0) is 4.79 Å². The minimum atomic E-state index is -0.535. The number of phenols is 1. The number of para-hydroxylation sites is 1. The van der Waals surface area contributed by atoms with Crippen LogP contribution in [0.4, 0.5) is 0 Å². The monoisotopic (exact) mass is 318 g/mol. The third-order valence-electron chi connectivity index (χ3n) is 4.06. The molecule has 1 fully saturated rings. The van der Waals surface area contributed by atoms with E-state index in [4.69, 9.17) is 0 Å². The van der Waals surface area contributed by atoms with E-state index in [1.807, 2.05) is 6.08 Å². The van der Waals surface area contributed by atoms with Crippen LogP contribution in [0, 0.1) is 5.92 Å². The van der Waals surface area contributed by atoms with E-state index in [9.17, 15) is 14.7 Å². The van der Waals surface area contributed by atoms with Gasteiger partial charge in [0.1, 0.15) is 5.75 Å². The Morgan fingerprint density at radius 1 is 1.09 bits per heavy atom. The number of carbonyl (C=O) groups excluding carboxylic acids is 2. The molecule has 1 aromatic carbocycles. The number of hydrazine groups is 1. The van der Waals surface area contributed by atoms with E-state index in [2.05, 4.69) is 10.9 Å². The number of nitrogens with one attached hydrogen (secondary N) is 2. The van der Waals surface area contributed by atoms with Gasteiger partial charge in [-0.05, 0) is 30.9 Å². The van der Waals surface area contributed by atoms with Gasteiger partial charge in [0.05, 0.1) is 10.5 Å². The molecule has 3 N–H and O–H groups in total. The van der Waals surface area contributed by atoms with Gasteiger partial charge in [-0.3, -0.25) is 20.4 Å². The van der Waals surface area contributed by atoms with Crippen LogP contribution in [0.5, 0.6) is 5.75 Å². The SMILES string of the molecule is O=C(NNC(=O)c1ccccc1O)C1=C[C@@H]2CCCC[C@@H]2S1. The number of amides is 2. The second kappa shape index (κ2) is 6.44. The number of rotatable bonds is 2. The Kier molecular flexibility index (Phi) is 4.38. The third kappa shape index (κ3) is 3.11. The molecule has 0 bridgehead atoms. The van der Waals surface area contributed by atoms with Gasteiger partial charge in [0.25, 0.3) is 11.8 Å². The highest BCUT2D eigenvalue weighted by molar-refractivity contribution is 8.04. The Morgan fingerprint density at radius 3 is 2.59 bits per heavy atom. The van der Waals surface area contributed by atoms with Crippen molar-refractivity contribution in [2.45, 2.75) is 30.9 Å². The summed E-state index contributed by atoms with van der Waals surface area (Å²) in [6.45, 7) is 0. The van der Waals surface area contributed by atoms with Gasteiger partial charge in [-0.2, -0.15) is 0 Å². The van der Waals surface area contributed by atoms with E-state index in [-0.39, 0.29) is 17.2 Å². The number of carbonyl (C=O) groups is 2. The number of thioether (sulfide) groups is 1. The lowest BCUT2D eigenvalue weighted by Gasteiger charge is -2.23. The summed E-state index contributed by atoms with van der Waals surface area (Å²) in [4.78, 5) is 24.7. The summed E-state index contributed by atoms with van der Waals surface area (Å²) in [6.07, 6.45) is 6.75. The van der Waals surface area contributed by atoms with Gasteiger partial charge in [-0.1, -0.05) is 31.1 Å². The van der Waals surface area contributed by atoms with Crippen molar-refractivity contribution in [2.75, 3.05) is 0 Å². The molecule has 0 radical (unpaired) electrons. The number of hydrogen-bond acceptors (Lipinski definition) is 4. The topological polar surface area (TPSA) is 78.4 Å². The molecule has 2 amide bonds. The van der Waals surface area contributed by atoms with Crippen molar-refractivity contribution < 1.29 is 14.7 Å². The van der Waals surface area contributed by atoms with Crippen molar-refractivity contribution >= 4 is 23.6 Å². The molecule has 1 saturated carbocycles. The van der Waals surface area contributed by atoms with Crippen LogP contribution in [0.25, 0.3) is 0 Å². The summed E-state index contributed by atoms with van der Waals surface area (Å²) >= 11 is 1.60. The summed E-state index contributed by atoms with van der Waals surface area (Å²) in [6, 6.07) is 6.20. The van der Waals surface area contributed by atoms with Crippen molar-refractivity contribution in [2.24, 2.45) is 5.92 Å². The first-order valence-corrected chi connectivity index (χ1v) is 8.30. The number of allylic oxidation sites excluding steroid dienone is 1. The molecule has 5 nitrogen and oxygen atoms in total. The van der Waals surface area contributed by atoms with Gasteiger partial charge in [-0.15, -0.1) is 11.8 Å². The molecule has 0 aromatic heterocycles. The largest absolute Gasteiger partial charge is 0.507 e. The molecule has 2 atom stereocenters. The molecule has 1 heterocycles. The molecule has 1 aliphatic heterocycles. The van der Waals surface area contributed by atoms with E-state index >= 15 is 0 Å². The highest BCUT2D eigenvalue weighted by Gasteiger charge is 2.33. The van der Waals surface area contributed by atoms with Gasteiger partial charge in [0.15, 0.2) is 0 Å². The molecule has 0 spiro atoms. The van der Waals surface area contributed by atoms with Gasteiger partial charge >= 0.3 is 0 Å². The fourth-order valence-electron chi connectivity index (χ4n) is 2.90. The van der Waals surface area contributed by atoms with Crippen molar-refractivity contribution in [1.82, 2.24) is 10.9 Å². The normalized spacial score (nSPS) is 23.4. The second-order valence-electron chi connectivity index (χ2n) is 5.56. The molecule has 1 aliphatic carbocycles. The van der Waals surface area contributed by atoms with Crippen LogP contribution < -0.4 is 10.9 Å². The number of benzene rings is 1. The standard InChI is InChI=1S/C16H18N2O3S/c19-12-7-3-2-6-11(12)15(20)17-18-16(21)14-9-10-5-1-4-8-13(10)22-14/h2-3,6-7,9-10,13,19H,1,4-5,8H2,(H,17,20)(H,18,21)/t10-,13-/m0/s1. The number of fused-ring (bicyclic) bond motifs is 1. The fraction of sp³-hybridized carbons (Fsp3) is 0.375. The quantitative estimate of drug-likeness (QED) is 0.731. The number of phenolic OH excluding ortho intramolecular Hbond substituents is 1. The molecule has 116 valence electrons. The van der Waals surface area contributed by atoms with E-state index in [0.29, 0.717) is 16.1 Å². The van der Waals surface area contributed by atoms with Crippen molar-refractivity contribution in [3.8, 4) is 5.75 Å². The zero-order valence-corrected chi connectivity index (χ0v) is 12.9. The first kappa shape index (κ1) is 15.0. The Hall–Kier alpha value is -1.95. The predicted octanol–water partition coefficient (Wildman–Crippen LogP) is 2.34. The van der Waals surface area contributed by atoms with E-state index < -0.39 is 5.91 Å². The lowest BCUT2D eigenvalue weighted by atomic mass is 9.89. The first-order chi connectivity index (χ1) is 10.6. The molecule has 6 heteroatoms. The molecule has 2 aliphatic rings. The van der Waals surface area contributed by atoms with E-state index in [1.165, 1.54) is 25.0 Å². The Balaban J connectivity index is 1.57. The molecular weight excluding hydrogens is 300 g/mol. The first-order valence-electron chi connectivity index (χ1n) is 7.42. The molecule has 1 aromatic rings. The fourth-order valence-corrected chi connectivity index (χ4v) is 4.31. The number of aromatic hydroxyl groups is 1. The maximum Gasteiger partial charge on any atom is 0.275 e. The number of hydrogen-bond donors (Lipinski definition) is 3. The summed E-state index contributed by atoms with van der Waals surface area (Å²) in [5, 5.41) is 10.1. The van der Waals surface area contributed by atoms with Crippen LogP contribution in [0.3, 0.4) is 0 Å². The van der Waals surface area contributed by atoms with Gasteiger partial charge in [0.2, 0.25) is 0 Å². The second-order valence-corrected chi connectivity index (χ2v) is 6.84. The van der Waals surface area contributed by atoms with Crippen LogP contribution in [-0.4, -0.2) is 22.2 Å². The minimum Gasteiger partial charge on any atom is -0.507 e. The van der Waals surface area contributed by atoms with Crippen molar-refractivity contribution in [3.63, 3.8) is 0 Å².